The van der Waals surface area contributed by atoms with Gasteiger partial charge in [0.05, 0.1) is 5.52 Å². The third-order valence-corrected chi connectivity index (χ3v) is 4.15. The summed E-state index contributed by atoms with van der Waals surface area (Å²) in [6.45, 7) is 3.36. The predicted octanol–water partition coefficient (Wildman–Crippen LogP) is 1.60. The summed E-state index contributed by atoms with van der Waals surface area (Å²) in [5, 5.41) is 4.56. The first-order valence-electron chi connectivity index (χ1n) is 7.66. The first-order chi connectivity index (χ1) is 10.2. The molecule has 0 spiro atoms. The molecule has 1 aromatic carbocycles. The summed E-state index contributed by atoms with van der Waals surface area (Å²) in [5.41, 5.74) is 3.50. The number of aryl methyl sites for hydroxylation is 2. The van der Waals surface area contributed by atoms with Crippen molar-refractivity contribution < 1.29 is 0 Å². The highest BCUT2D eigenvalue weighted by Crippen LogP contribution is 2.23. The number of para-hydroxylation sites is 1. The van der Waals surface area contributed by atoms with Crippen molar-refractivity contribution in [2.45, 2.75) is 25.9 Å². The number of rotatable bonds is 5. The molecule has 2 aromatic rings. The van der Waals surface area contributed by atoms with Crippen LogP contribution in [0.15, 0.2) is 29.1 Å². The Balaban J connectivity index is 1.91. The number of pyridine rings is 1. The number of hydrogen-bond donors (Lipinski definition) is 1. The largest absolute Gasteiger partial charge is 0.311 e. The van der Waals surface area contributed by atoms with Gasteiger partial charge in [-0.3, -0.25) is 4.79 Å². The van der Waals surface area contributed by atoms with E-state index in [-0.39, 0.29) is 5.56 Å². The topological polar surface area (TPSA) is 37.3 Å². The van der Waals surface area contributed by atoms with Crippen LogP contribution in [0.5, 0.6) is 0 Å². The van der Waals surface area contributed by atoms with Gasteiger partial charge in [0.15, 0.2) is 0 Å². The summed E-state index contributed by atoms with van der Waals surface area (Å²) in [4.78, 5) is 14.8. The van der Waals surface area contributed by atoms with Crippen molar-refractivity contribution in [3.8, 4) is 0 Å². The highest BCUT2D eigenvalue weighted by atomic mass is 16.1. The Morgan fingerprint density at radius 2 is 2.19 bits per heavy atom. The van der Waals surface area contributed by atoms with Crippen molar-refractivity contribution in [3.63, 3.8) is 0 Å². The summed E-state index contributed by atoms with van der Waals surface area (Å²) in [7, 11) is 4.11. The van der Waals surface area contributed by atoms with Crippen molar-refractivity contribution in [3.05, 3.63) is 45.7 Å². The Labute approximate surface area is 125 Å². The number of benzene rings is 1. The van der Waals surface area contributed by atoms with E-state index in [1.165, 1.54) is 10.9 Å². The molecule has 4 heteroatoms. The summed E-state index contributed by atoms with van der Waals surface area (Å²) in [6.07, 6.45) is 2.14. The second kappa shape index (κ2) is 6.00. The molecule has 21 heavy (non-hydrogen) atoms. The zero-order valence-corrected chi connectivity index (χ0v) is 12.9. The number of hydrogen-bond acceptors (Lipinski definition) is 3. The third-order valence-electron chi connectivity index (χ3n) is 4.15. The normalized spacial score (nSPS) is 14.0. The van der Waals surface area contributed by atoms with Gasteiger partial charge in [-0.05, 0) is 44.0 Å². The van der Waals surface area contributed by atoms with Crippen molar-refractivity contribution in [2.24, 2.45) is 0 Å². The molecular formula is C17H23N3O. The average Bonchev–Trinajstić information content (AvgIpc) is 2.48. The highest BCUT2D eigenvalue weighted by Gasteiger charge is 2.15. The first kappa shape index (κ1) is 14.3. The molecule has 2 heterocycles. The molecule has 0 atom stereocenters. The van der Waals surface area contributed by atoms with E-state index in [1.807, 2.05) is 4.57 Å². The van der Waals surface area contributed by atoms with E-state index >= 15 is 0 Å². The van der Waals surface area contributed by atoms with Crippen LogP contribution in [0, 0.1) is 0 Å². The van der Waals surface area contributed by atoms with Crippen LogP contribution in [0.25, 0.3) is 10.9 Å². The van der Waals surface area contributed by atoms with Crippen LogP contribution in [0.3, 0.4) is 0 Å². The van der Waals surface area contributed by atoms with Gasteiger partial charge in [-0.15, -0.1) is 0 Å². The molecule has 1 N–H and O–H groups in total. The predicted molar refractivity (Wildman–Crippen MR) is 86.8 cm³/mol. The second-order valence-corrected chi connectivity index (χ2v) is 6.06. The third kappa shape index (κ3) is 2.87. The van der Waals surface area contributed by atoms with Gasteiger partial charge in [0.25, 0.3) is 5.56 Å². The van der Waals surface area contributed by atoms with E-state index in [9.17, 15) is 4.79 Å². The van der Waals surface area contributed by atoms with Crippen LogP contribution in [0.1, 0.15) is 17.5 Å². The summed E-state index contributed by atoms with van der Waals surface area (Å²) in [5.74, 6) is 0. The zero-order valence-electron chi connectivity index (χ0n) is 12.9. The Morgan fingerprint density at radius 1 is 1.33 bits per heavy atom. The van der Waals surface area contributed by atoms with Gasteiger partial charge >= 0.3 is 0 Å². The number of likely N-dealkylation sites (N-methyl/N-ethyl adjacent to an activating group) is 1. The molecule has 0 amide bonds. The van der Waals surface area contributed by atoms with Gasteiger partial charge < -0.3 is 14.8 Å². The van der Waals surface area contributed by atoms with Gasteiger partial charge in [-0.25, -0.2) is 0 Å². The fourth-order valence-electron chi connectivity index (χ4n) is 3.08. The maximum atomic E-state index is 12.6. The second-order valence-electron chi connectivity index (χ2n) is 6.06. The minimum atomic E-state index is 0.173. The lowest BCUT2D eigenvalue weighted by Crippen LogP contribution is -2.32. The van der Waals surface area contributed by atoms with E-state index in [0.717, 1.165) is 43.6 Å². The molecule has 4 nitrogen and oxygen atoms in total. The van der Waals surface area contributed by atoms with Gasteiger partial charge in [-0.2, -0.15) is 0 Å². The fourth-order valence-corrected chi connectivity index (χ4v) is 3.08. The smallest absolute Gasteiger partial charge is 0.255 e. The highest BCUT2D eigenvalue weighted by molar-refractivity contribution is 5.83. The lowest BCUT2D eigenvalue weighted by atomic mass is 10.00. The molecule has 0 saturated heterocycles. The quantitative estimate of drug-likeness (QED) is 0.848. The Morgan fingerprint density at radius 3 is 3.00 bits per heavy atom. The van der Waals surface area contributed by atoms with Crippen molar-refractivity contribution in [1.29, 1.82) is 0 Å². The molecule has 0 aliphatic carbocycles. The van der Waals surface area contributed by atoms with E-state index in [0.29, 0.717) is 6.54 Å². The molecular weight excluding hydrogens is 262 g/mol. The van der Waals surface area contributed by atoms with Gasteiger partial charge in [-0.1, -0.05) is 18.2 Å². The Kier molecular flexibility index (Phi) is 4.08. The number of nitrogens with zero attached hydrogens (tertiary/aromatic N) is 2. The molecule has 0 saturated carbocycles. The van der Waals surface area contributed by atoms with E-state index in [1.54, 1.807) is 0 Å². The van der Waals surface area contributed by atoms with Gasteiger partial charge in [0.2, 0.25) is 0 Å². The number of nitrogens with one attached hydrogen (secondary N) is 1. The lowest BCUT2D eigenvalue weighted by molar-refractivity contribution is 0.399. The SMILES string of the molecule is CN(C)CCNCc1cc2cccc3c2n(c1=O)CCC3. The molecule has 3 rings (SSSR count). The summed E-state index contributed by atoms with van der Waals surface area (Å²) in [6, 6.07) is 8.42. The Hall–Kier alpha value is -1.65. The molecule has 0 unspecified atom stereocenters. The molecule has 1 aromatic heterocycles. The molecule has 0 bridgehead atoms. The van der Waals surface area contributed by atoms with Crippen molar-refractivity contribution >= 4 is 10.9 Å². The van der Waals surface area contributed by atoms with Crippen LogP contribution in [0.2, 0.25) is 0 Å². The van der Waals surface area contributed by atoms with Gasteiger partial charge in [0, 0.05) is 31.7 Å². The zero-order chi connectivity index (χ0) is 14.8. The van der Waals surface area contributed by atoms with Gasteiger partial charge in [0.1, 0.15) is 0 Å². The fraction of sp³-hybridized carbons (Fsp3) is 0.471. The van der Waals surface area contributed by atoms with Crippen LogP contribution in [0.4, 0.5) is 0 Å². The minimum absolute atomic E-state index is 0.173. The lowest BCUT2D eigenvalue weighted by Gasteiger charge is -2.20. The van der Waals surface area contributed by atoms with Crippen LogP contribution in [-0.2, 0) is 19.5 Å². The van der Waals surface area contributed by atoms with Crippen LogP contribution < -0.4 is 10.9 Å². The van der Waals surface area contributed by atoms with Crippen molar-refractivity contribution in [1.82, 2.24) is 14.8 Å². The first-order valence-corrected chi connectivity index (χ1v) is 7.66. The minimum Gasteiger partial charge on any atom is -0.311 e. The maximum Gasteiger partial charge on any atom is 0.255 e. The van der Waals surface area contributed by atoms with Crippen molar-refractivity contribution in [2.75, 3.05) is 27.2 Å². The van der Waals surface area contributed by atoms with E-state index < -0.39 is 0 Å². The maximum absolute atomic E-state index is 12.6. The monoisotopic (exact) mass is 285 g/mol. The standard InChI is InChI=1S/C17H23N3O/c1-19(2)10-8-18-12-15-11-14-6-3-5-13-7-4-9-20(16(13)14)17(15)21/h3,5-6,11,18H,4,7-10,12H2,1-2H3. The van der Waals surface area contributed by atoms with E-state index in [2.05, 4.69) is 48.6 Å². The summed E-state index contributed by atoms with van der Waals surface area (Å²) < 4.78 is 1.97. The average molecular weight is 285 g/mol. The molecule has 1 aliphatic rings. The molecule has 0 radical (unpaired) electrons. The number of aromatic nitrogens is 1. The van der Waals surface area contributed by atoms with Crippen LogP contribution in [-0.4, -0.2) is 36.7 Å². The summed E-state index contributed by atoms with van der Waals surface area (Å²) >= 11 is 0. The molecule has 0 fully saturated rings. The molecule has 1 aliphatic heterocycles. The Bertz CT molecular complexity index is 703. The van der Waals surface area contributed by atoms with Crippen LogP contribution >= 0.6 is 0 Å². The molecule has 112 valence electrons. The van der Waals surface area contributed by atoms with E-state index in [4.69, 9.17) is 0 Å².